The predicted octanol–water partition coefficient (Wildman–Crippen LogP) is 1.18. The average Bonchev–Trinajstić information content (AvgIpc) is 2.46. The number of hydrogen-bond donors (Lipinski definition) is 1. The van der Waals surface area contributed by atoms with Crippen molar-refractivity contribution in [2.45, 2.75) is 6.92 Å². The largest absolute Gasteiger partial charge is 0.482 e. The summed E-state index contributed by atoms with van der Waals surface area (Å²) in [5.74, 6) is -0.471. The monoisotopic (exact) mass is 282 g/mol. The fourth-order valence-corrected chi connectivity index (χ4v) is 2.08. The summed E-state index contributed by atoms with van der Waals surface area (Å²) in [4.78, 5) is 13.1. The van der Waals surface area contributed by atoms with Crippen LogP contribution in [-0.4, -0.2) is 45.4 Å². The molecular formula is C14H19FN2O3. The van der Waals surface area contributed by atoms with E-state index in [1.807, 2.05) is 4.90 Å². The van der Waals surface area contributed by atoms with Crippen molar-refractivity contribution in [3.05, 3.63) is 24.0 Å². The number of nitrogens with zero attached hydrogens (tertiary/aromatic N) is 1. The first-order valence-electron chi connectivity index (χ1n) is 6.74. The molecular weight excluding hydrogens is 263 g/mol. The quantitative estimate of drug-likeness (QED) is 0.822. The number of anilines is 1. The Kier molecular flexibility index (Phi) is 5.17. The third-order valence-corrected chi connectivity index (χ3v) is 3.04. The second-order valence-corrected chi connectivity index (χ2v) is 4.44. The highest BCUT2D eigenvalue weighted by atomic mass is 19.1. The highest BCUT2D eigenvalue weighted by molar-refractivity contribution is 5.71. The second kappa shape index (κ2) is 7.09. The van der Waals surface area contributed by atoms with Gasteiger partial charge in [0.05, 0.1) is 12.3 Å². The Morgan fingerprint density at radius 2 is 2.15 bits per heavy atom. The summed E-state index contributed by atoms with van der Waals surface area (Å²) in [6, 6.07) is 4.65. The summed E-state index contributed by atoms with van der Waals surface area (Å²) in [6.45, 7) is 5.07. The van der Waals surface area contributed by atoms with Crippen LogP contribution in [0.5, 0.6) is 5.75 Å². The molecule has 0 unspecified atom stereocenters. The lowest BCUT2D eigenvalue weighted by Gasteiger charge is -2.29. The maximum absolute atomic E-state index is 14.0. The molecule has 0 aliphatic carbocycles. The molecule has 0 atom stereocenters. The smallest absolute Gasteiger partial charge is 0.344 e. The van der Waals surface area contributed by atoms with Gasteiger partial charge in [0.1, 0.15) is 11.6 Å². The van der Waals surface area contributed by atoms with Gasteiger partial charge in [-0.3, -0.25) is 0 Å². The van der Waals surface area contributed by atoms with Crippen LogP contribution in [-0.2, 0) is 9.53 Å². The van der Waals surface area contributed by atoms with Crippen LogP contribution >= 0.6 is 0 Å². The molecule has 1 aromatic carbocycles. The summed E-state index contributed by atoms with van der Waals surface area (Å²) < 4.78 is 24.0. The zero-order valence-corrected chi connectivity index (χ0v) is 11.5. The number of rotatable bonds is 5. The van der Waals surface area contributed by atoms with Gasteiger partial charge in [0.25, 0.3) is 0 Å². The van der Waals surface area contributed by atoms with Gasteiger partial charge in [-0.15, -0.1) is 0 Å². The summed E-state index contributed by atoms with van der Waals surface area (Å²) in [6.07, 6.45) is 0. The molecule has 1 heterocycles. The average molecular weight is 282 g/mol. The number of esters is 1. The van der Waals surface area contributed by atoms with Gasteiger partial charge in [-0.1, -0.05) is 0 Å². The molecule has 0 radical (unpaired) electrons. The maximum Gasteiger partial charge on any atom is 0.344 e. The van der Waals surface area contributed by atoms with E-state index in [-0.39, 0.29) is 12.4 Å². The summed E-state index contributed by atoms with van der Waals surface area (Å²) in [5.41, 5.74) is 0.565. The molecule has 0 amide bonds. The van der Waals surface area contributed by atoms with Gasteiger partial charge >= 0.3 is 5.97 Å². The predicted molar refractivity (Wildman–Crippen MR) is 73.6 cm³/mol. The number of nitrogens with one attached hydrogen (secondary N) is 1. The summed E-state index contributed by atoms with van der Waals surface area (Å²) in [5, 5.41) is 3.22. The lowest BCUT2D eigenvalue weighted by molar-refractivity contribution is -0.145. The fourth-order valence-electron chi connectivity index (χ4n) is 2.08. The van der Waals surface area contributed by atoms with Crippen LogP contribution in [0.15, 0.2) is 18.2 Å². The van der Waals surface area contributed by atoms with Gasteiger partial charge in [0.2, 0.25) is 0 Å². The van der Waals surface area contributed by atoms with E-state index in [4.69, 9.17) is 9.47 Å². The molecule has 2 rings (SSSR count). The van der Waals surface area contributed by atoms with Crippen molar-refractivity contribution in [1.29, 1.82) is 0 Å². The second-order valence-electron chi connectivity index (χ2n) is 4.44. The molecule has 6 heteroatoms. The number of carbonyl (C=O) groups excluding carboxylic acids is 1. The molecule has 0 saturated carbocycles. The molecule has 1 aromatic rings. The normalized spacial score (nSPS) is 15.0. The first kappa shape index (κ1) is 14.6. The zero-order chi connectivity index (χ0) is 14.4. The standard InChI is InChI=1S/C14H19FN2O3/c1-2-19-14(18)10-20-11-3-4-13(12(15)9-11)17-7-5-16-6-8-17/h3-4,9,16H,2,5-8,10H2,1H3. The Hall–Kier alpha value is -1.82. The zero-order valence-electron chi connectivity index (χ0n) is 11.5. The van der Waals surface area contributed by atoms with Crippen LogP contribution in [0.25, 0.3) is 0 Å². The topological polar surface area (TPSA) is 50.8 Å². The number of piperazine rings is 1. The van der Waals surface area contributed by atoms with Crippen LogP contribution in [0.4, 0.5) is 10.1 Å². The number of carbonyl (C=O) groups is 1. The van der Waals surface area contributed by atoms with E-state index >= 15 is 0 Å². The van der Waals surface area contributed by atoms with E-state index in [0.717, 1.165) is 26.2 Å². The minimum atomic E-state index is -0.459. The van der Waals surface area contributed by atoms with Crippen LogP contribution in [0.3, 0.4) is 0 Å². The fraction of sp³-hybridized carbons (Fsp3) is 0.500. The van der Waals surface area contributed by atoms with Crippen molar-refractivity contribution < 1.29 is 18.7 Å². The molecule has 1 N–H and O–H groups in total. The molecule has 110 valence electrons. The first-order valence-corrected chi connectivity index (χ1v) is 6.74. The van der Waals surface area contributed by atoms with Gasteiger partial charge < -0.3 is 19.7 Å². The van der Waals surface area contributed by atoms with E-state index in [1.54, 1.807) is 19.1 Å². The van der Waals surface area contributed by atoms with Crippen LogP contribution in [0.2, 0.25) is 0 Å². The van der Waals surface area contributed by atoms with Crippen molar-refractivity contribution in [1.82, 2.24) is 5.32 Å². The highest BCUT2D eigenvalue weighted by Crippen LogP contribution is 2.24. The molecule has 0 bridgehead atoms. The van der Waals surface area contributed by atoms with Crippen molar-refractivity contribution >= 4 is 11.7 Å². The maximum atomic E-state index is 14.0. The lowest BCUT2D eigenvalue weighted by Crippen LogP contribution is -2.43. The number of benzene rings is 1. The molecule has 0 aromatic heterocycles. The molecule has 5 nitrogen and oxygen atoms in total. The first-order chi connectivity index (χ1) is 9.70. The minimum absolute atomic E-state index is 0.208. The third-order valence-electron chi connectivity index (χ3n) is 3.04. The molecule has 1 aliphatic heterocycles. The Labute approximate surface area is 117 Å². The van der Waals surface area contributed by atoms with Crippen LogP contribution in [0.1, 0.15) is 6.92 Å². The van der Waals surface area contributed by atoms with Crippen molar-refractivity contribution in [3.8, 4) is 5.75 Å². The Morgan fingerprint density at radius 1 is 1.40 bits per heavy atom. The van der Waals surface area contributed by atoms with Crippen molar-refractivity contribution in [2.75, 3.05) is 44.3 Å². The van der Waals surface area contributed by atoms with Gasteiger partial charge in [-0.25, -0.2) is 9.18 Å². The summed E-state index contributed by atoms with van der Waals surface area (Å²) >= 11 is 0. The van der Waals surface area contributed by atoms with Crippen molar-refractivity contribution in [2.24, 2.45) is 0 Å². The molecule has 1 fully saturated rings. The van der Waals surface area contributed by atoms with Crippen LogP contribution < -0.4 is 15.0 Å². The summed E-state index contributed by atoms with van der Waals surface area (Å²) in [7, 11) is 0. The van der Waals surface area contributed by atoms with E-state index in [0.29, 0.717) is 18.0 Å². The molecule has 1 saturated heterocycles. The van der Waals surface area contributed by atoms with E-state index < -0.39 is 5.97 Å². The Morgan fingerprint density at radius 3 is 2.80 bits per heavy atom. The number of hydrogen-bond acceptors (Lipinski definition) is 5. The van der Waals surface area contributed by atoms with Gasteiger partial charge in [-0.2, -0.15) is 0 Å². The molecule has 0 spiro atoms. The molecule has 20 heavy (non-hydrogen) atoms. The van der Waals surface area contributed by atoms with Gasteiger partial charge in [0, 0.05) is 32.2 Å². The van der Waals surface area contributed by atoms with Gasteiger partial charge in [0.15, 0.2) is 6.61 Å². The minimum Gasteiger partial charge on any atom is -0.482 e. The van der Waals surface area contributed by atoms with E-state index in [9.17, 15) is 9.18 Å². The number of ether oxygens (including phenoxy) is 2. The Balaban J connectivity index is 1.96. The highest BCUT2D eigenvalue weighted by Gasteiger charge is 2.15. The lowest BCUT2D eigenvalue weighted by atomic mass is 10.2. The SMILES string of the molecule is CCOC(=O)COc1ccc(N2CCNCC2)c(F)c1. The number of halogens is 1. The Bertz CT molecular complexity index is 462. The van der Waals surface area contributed by atoms with Crippen molar-refractivity contribution in [3.63, 3.8) is 0 Å². The van der Waals surface area contributed by atoms with E-state index in [2.05, 4.69) is 5.32 Å². The van der Waals surface area contributed by atoms with Crippen LogP contribution in [0, 0.1) is 5.82 Å². The van der Waals surface area contributed by atoms with E-state index in [1.165, 1.54) is 6.07 Å². The van der Waals surface area contributed by atoms with Gasteiger partial charge in [-0.05, 0) is 19.1 Å². The third kappa shape index (κ3) is 3.84. The molecule has 1 aliphatic rings.